The van der Waals surface area contributed by atoms with Gasteiger partial charge in [-0.3, -0.25) is 0 Å². The fourth-order valence-corrected chi connectivity index (χ4v) is 3.17. The van der Waals surface area contributed by atoms with Crippen molar-refractivity contribution in [3.8, 4) is 0 Å². The number of rotatable bonds is 2. The van der Waals surface area contributed by atoms with E-state index >= 15 is 0 Å². The number of hydrogen-bond donors (Lipinski definition) is 1. The summed E-state index contributed by atoms with van der Waals surface area (Å²) in [6.45, 7) is 2.75. The van der Waals surface area contributed by atoms with E-state index in [2.05, 4.69) is 6.92 Å². The Hall–Kier alpha value is -2.36. The normalized spacial score (nSPS) is 20.4. The van der Waals surface area contributed by atoms with E-state index in [4.69, 9.17) is 5.11 Å². The number of aromatic carboxylic acids is 1. The number of likely N-dealkylation sites (N-methyl/N-ethyl adjacent to an activating group) is 1. The zero-order chi connectivity index (χ0) is 15.2. The van der Waals surface area contributed by atoms with Crippen molar-refractivity contribution >= 4 is 11.7 Å². The molecule has 3 nitrogen and oxygen atoms in total. The highest BCUT2D eigenvalue weighted by molar-refractivity contribution is 5.90. The van der Waals surface area contributed by atoms with Crippen molar-refractivity contribution in [2.45, 2.75) is 12.3 Å². The molecule has 2 aromatic carbocycles. The van der Waals surface area contributed by atoms with E-state index < -0.39 is 5.97 Å². The third kappa shape index (κ3) is 2.07. The summed E-state index contributed by atoms with van der Waals surface area (Å²) in [6.07, 6.45) is 0. The van der Waals surface area contributed by atoms with Crippen LogP contribution in [0.15, 0.2) is 42.5 Å². The van der Waals surface area contributed by atoms with Crippen molar-refractivity contribution in [2.24, 2.45) is 0 Å². The lowest BCUT2D eigenvalue weighted by Gasteiger charge is -2.26. The molecule has 0 saturated carbocycles. The molecule has 0 aliphatic carbocycles. The Morgan fingerprint density at radius 1 is 1.29 bits per heavy atom. The Labute approximate surface area is 122 Å². The maximum atomic E-state index is 13.5. The van der Waals surface area contributed by atoms with Gasteiger partial charge in [-0.15, -0.1) is 0 Å². The first-order valence-electron chi connectivity index (χ1n) is 6.77. The predicted molar refractivity (Wildman–Crippen MR) is 79.5 cm³/mol. The summed E-state index contributed by atoms with van der Waals surface area (Å²) >= 11 is 0. The van der Waals surface area contributed by atoms with Gasteiger partial charge in [-0.2, -0.15) is 0 Å². The standard InChI is InChI=1S/C17H16FNO2/c1-17(12-4-3-5-13(18)9-12)10-19(2)15-8-11(16(20)21)6-7-14(15)17/h3-9H,10H2,1-2H3,(H,20,21). The van der Waals surface area contributed by atoms with Crippen LogP contribution in [0.2, 0.25) is 0 Å². The fourth-order valence-electron chi connectivity index (χ4n) is 3.17. The predicted octanol–water partition coefficient (Wildman–Crippen LogP) is 3.28. The summed E-state index contributed by atoms with van der Waals surface area (Å²) in [6, 6.07) is 11.7. The molecule has 0 spiro atoms. The highest BCUT2D eigenvalue weighted by Crippen LogP contribution is 2.44. The summed E-state index contributed by atoms with van der Waals surface area (Å²) in [5.74, 6) is -1.20. The van der Waals surface area contributed by atoms with Crippen molar-refractivity contribution in [3.63, 3.8) is 0 Å². The maximum Gasteiger partial charge on any atom is 0.335 e. The van der Waals surface area contributed by atoms with Crippen LogP contribution in [0.5, 0.6) is 0 Å². The van der Waals surface area contributed by atoms with Crippen molar-refractivity contribution in [1.29, 1.82) is 0 Å². The smallest absolute Gasteiger partial charge is 0.335 e. The Bertz CT molecular complexity index is 728. The first kappa shape index (κ1) is 13.6. The molecule has 21 heavy (non-hydrogen) atoms. The van der Waals surface area contributed by atoms with Crippen LogP contribution in [0.3, 0.4) is 0 Å². The van der Waals surface area contributed by atoms with Crippen molar-refractivity contribution < 1.29 is 14.3 Å². The molecule has 3 rings (SSSR count). The molecule has 1 aliphatic heterocycles. The fraction of sp³-hybridized carbons (Fsp3) is 0.235. The second-order valence-corrected chi connectivity index (χ2v) is 5.74. The molecule has 4 heteroatoms. The average molecular weight is 285 g/mol. The molecule has 1 aliphatic rings. The van der Waals surface area contributed by atoms with E-state index in [0.29, 0.717) is 6.54 Å². The van der Waals surface area contributed by atoms with Crippen LogP contribution < -0.4 is 4.90 Å². The number of carboxylic acids is 1. The maximum absolute atomic E-state index is 13.5. The zero-order valence-electron chi connectivity index (χ0n) is 11.9. The lowest BCUT2D eigenvalue weighted by Crippen LogP contribution is -2.29. The van der Waals surface area contributed by atoms with E-state index in [-0.39, 0.29) is 16.8 Å². The van der Waals surface area contributed by atoms with E-state index in [1.165, 1.54) is 6.07 Å². The second-order valence-electron chi connectivity index (χ2n) is 5.74. The van der Waals surface area contributed by atoms with Crippen LogP contribution in [0.25, 0.3) is 0 Å². The van der Waals surface area contributed by atoms with E-state index in [1.54, 1.807) is 24.3 Å². The Morgan fingerprint density at radius 2 is 2.05 bits per heavy atom. The monoisotopic (exact) mass is 285 g/mol. The van der Waals surface area contributed by atoms with Crippen LogP contribution in [0.1, 0.15) is 28.4 Å². The molecule has 0 radical (unpaired) electrons. The zero-order valence-corrected chi connectivity index (χ0v) is 11.9. The number of carboxylic acid groups (broad SMARTS) is 1. The number of halogens is 1. The van der Waals surface area contributed by atoms with Gasteiger partial charge in [0.1, 0.15) is 5.82 Å². The first-order chi connectivity index (χ1) is 9.91. The van der Waals surface area contributed by atoms with Gasteiger partial charge in [0.25, 0.3) is 0 Å². The van der Waals surface area contributed by atoms with Gasteiger partial charge in [0.2, 0.25) is 0 Å². The van der Waals surface area contributed by atoms with Crippen LogP contribution in [-0.2, 0) is 5.41 Å². The van der Waals surface area contributed by atoms with Gasteiger partial charge in [-0.25, -0.2) is 9.18 Å². The van der Waals surface area contributed by atoms with Crippen molar-refractivity contribution in [3.05, 3.63) is 65.0 Å². The second kappa shape index (κ2) is 4.58. The minimum Gasteiger partial charge on any atom is -0.478 e. The van der Waals surface area contributed by atoms with Gasteiger partial charge in [-0.05, 0) is 42.3 Å². The summed E-state index contributed by atoms with van der Waals surface area (Å²) in [5, 5.41) is 9.12. The van der Waals surface area contributed by atoms with Crippen LogP contribution >= 0.6 is 0 Å². The summed E-state index contributed by atoms with van der Waals surface area (Å²) in [4.78, 5) is 13.1. The molecular formula is C17H16FNO2. The van der Waals surface area contributed by atoms with Crippen LogP contribution in [0.4, 0.5) is 10.1 Å². The molecule has 108 valence electrons. The molecular weight excluding hydrogens is 269 g/mol. The van der Waals surface area contributed by atoms with E-state index in [9.17, 15) is 9.18 Å². The minimum absolute atomic E-state index is 0.257. The quantitative estimate of drug-likeness (QED) is 0.920. The highest BCUT2D eigenvalue weighted by atomic mass is 19.1. The molecule has 1 heterocycles. The topological polar surface area (TPSA) is 40.5 Å². The Balaban J connectivity index is 2.15. The van der Waals surface area contributed by atoms with E-state index in [0.717, 1.165) is 16.8 Å². The van der Waals surface area contributed by atoms with Gasteiger partial charge in [-0.1, -0.05) is 18.2 Å². The van der Waals surface area contributed by atoms with Gasteiger partial charge >= 0.3 is 5.97 Å². The average Bonchev–Trinajstić information content (AvgIpc) is 2.71. The molecule has 0 aromatic heterocycles. The number of nitrogens with zero attached hydrogens (tertiary/aromatic N) is 1. The summed E-state index contributed by atoms with van der Waals surface area (Å²) in [5.41, 5.74) is 2.74. The number of fused-ring (bicyclic) bond motifs is 1. The molecule has 2 aromatic rings. The Kier molecular flexibility index (Phi) is 2.97. The molecule has 0 fully saturated rings. The molecule has 1 N–H and O–H groups in total. The minimum atomic E-state index is -0.939. The van der Waals surface area contributed by atoms with Gasteiger partial charge < -0.3 is 10.0 Å². The number of carbonyl (C=O) groups is 1. The van der Waals surface area contributed by atoms with Crippen LogP contribution in [0, 0.1) is 5.82 Å². The molecule has 1 atom stereocenters. The van der Waals surface area contributed by atoms with E-state index in [1.807, 2.05) is 24.1 Å². The van der Waals surface area contributed by atoms with Gasteiger partial charge in [0.05, 0.1) is 5.56 Å². The Morgan fingerprint density at radius 3 is 2.71 bits per heavy atom. The van der Waals surface area contributed by atoms with Crippen molar-refractivity contribution in [2.75, 3.05) is 18.5 Å². The molecule has 0 bridgehead atoms. The third-order valence-corrected chi connectivity index (χ3v) is 4.27. The largest absolute Gasteiger partial charge is 0.478 e. The summed E-state index contributed by atoms with van der Waals surface area (Å²) < 4.78 is 13.5. The third-order valence-electron chi connectivity index (χ3n) is 4.27. The molecule has 0 amide bonds. The first-order valence-corrected chi connectivity index (χ1v) is 6.77. The molecule has 0 saturated heterocycles. The lowest BCUT2D eigenvalue weighted by molar-refractivity contribution is 0.0697. The van der Waals surface area contributed by atoms with Crippen molar-refractivity contribution in [1.82, 2.24) is 0 Å². The van der Waals surface area contributed by atoms with Gasteiger partial charge in [0.15, 0.2) is 0 Å². The van der Waals surface area contributed by atoms with Crippen LogP contribution in [-0.4, -0.2) is 24.7 Å². The summed E-state index contributed by atoms with van der Waals surface area (Å²) in [7, 11) is 1.93. The SMILES string of the molecule is CN1CC(C)(c2cccc(F)c2)c2ccc(C(=O)O)cc21. The number of anilines is 1. The lowest BCUT2D eigenvalue weighted by atomic mass is 9.78. The number of benzene rings is 2. The number of hydrogen-bond acceptors (Lipinski definition) is 2. The highest BCUT2D eigenvalue weighted by Gasteiger charge is 2.39. The van der Waals surface area contributed by atoms with Gasteiger partial charge in [0, 0.05) is 24.7 Å². The molecule has 1 unspecified atom stereocenters.